The van der Waals surface area contributed by atoms with Gasteiger partial charge in [-0.15, -0.1) is 22.7 Å². The van der Waals surface area contributed by atoms with E-state index >= 15 is 0 Å². The van der Waals surface area contributed by atoms with Crippen LogP contribution >= 0.6 is 22.7 Å². The summed E-state index contributed by atoms with van der Waals surface area (Å²) in [6.07, 6.45) is 20.7. The number of hydrogen-bond acceptors (Lipinski definition) is 6. The molecule has 12 rings (SSSR count). The molecule has 6 nitrogen and oxygen atoms in total. The van der Waals surface area contributed by atoms with Crippen LogP contribution in [-0.4, -0.2) is 38.1 Å². The van der Waals surface area contributed by atoms with Crippen molar-refractivity contribution in [1.82, 2.24) is 18.8 Å². The van der Waals surface area contributed by atoms with Crippen LogP contribution in [-0.2, 0) is 0 Å². The van der Waals surface area contributed by atoms with Gasteiger partial charge in [-0.2, -0.15) is 0 Å². The van der Waals surface area contributed by atoms with Crippen molar-refractivity contribution in [1.29, 1.82) is 0 Å². The number of pyridine rings is 2. The van der Waals surface area contributed by atoms with E-state index in [1.54, 1.807) is 0 Å². The molecule has 455 valence electrons. The van der Waals surface area contributed by atoms with Crippen LogP contribution in [0.15, 0.2) is 109 Å². The first-order valence-corrected chi connectivity index (χ1v) is 23.4. The number of benzene rings is 2. The number of ketones is 1. The van der Waals surface area contributed by atoms with Crippen LogP contribution in [0.2, 0.25) is 0 Å². The van der Waals surface area contributed by atoms with Crippen molar-refractivity contribution >= 4 is 68.1 Å². The summed E-state index contributed by atoms with van der Waals surface area (Å²) >= 11 is 3.72. The Morgan fingerprint density at radius 3 is 1.68 bits per heavy atom. The Balaban J connectivity index is -0.0000000152. The molecule has 10 heteroatoms. The summed E-state index contributed by atoms with van der Waals surface area (Å²) in [6.45, 7) is 0. The van der Waals surface area contributed by atoms with Crippen molar-refractivity contribution in [3.8, 4) is 0 Å². The topological polar surface area (TPSA) is 71.9 Å². The summed E-state index contributed by atoms with van der Waals surface area (Å²) in [7, 11) is 0. The van der Waals surface area contributed by atoms with Crippen molar-refractivity contribution in [2.45, 2.75) is 107 Å². The molecule has 0 amide bonds. The molecule has 60 heavy (non-hydrogen) atoms. The van der Waals surface area contributed by atoms with Gasteiger partial charge in [0.15, 0.2) is 5.78 Å². The van der Waals surface area contributed by atoms with Gasteiger partial charge in [0, 0.05) is 254 Å². The number of Topliss-reactive ketones (excluding diaryl/α,β-unsaturated/α-hetero) is 1. The number of aromatic nitrogens is 4. The van der Waals surface area contributed by atoms with Gasteiger partial charge in [0.1, 0.15) is 0 Å². The van der Waals surface area contributed by atoms with Crippen LogP contribution in [0.5, 0.6) is 0 Å². The summed E-state index contributed by atoms with van der Waals surface area (Å²) in [5.74, 6) is 3.21. The first kappa shape index (κ1) is 8.67. The molecule has 4 aliphatic carbocycles. The molecule has 0 bridgehead atoms. The number of imidazole rings is 2. The van der Waals surface area contributed by atoms with E-state index in [-0.39, 0.29) is 46.7 Å². The van der Waals surface area contributed by atoms with Crippen LogP contribution in [0, 0.1) is 11.8 Å². The number of carbonyl (C=O) groups is 1. The zero-order valence-electron chi connectivity index (χ0n) is 189. The summed E-state index contributed by atoms with van der Waals surface area (Å²) < 4.78 is 777. The van der Waals surface area contributed by atoms with E-state index in [4.69, 9.17) is 229 Å². The fourth-order valence-electron chi connectivity index (χ4n) is 10.5. The van der Waals surface area contributed by atoms with Gasteiger partial charge in [-0.05, 0) is 175 Å². The van der Waals surface area contributed by atoms with E-state index in [1.165, 1.54) is 81.0 Å². The van der Waals surface area contributed by atoms with Crippen molar-refractivity contribution < 1.29 is 271 Å². The maximum absolute atomic E-state index is 13.6. The Labute approximate surface area is 624 Å². The Morgan fingerprint density at radius 2 is 1.10 bits per heavy atom. The average Bonchev–Trinajstić information content (AvgIpc) is 1.62. The molecular formula is C50H207BN4NaO2S2. The molecule has 6 heterocycles. The van der Waals surface area contributed by atoms with Crippen LogP contribution in [0.1, 0.15) is 377 Å². The molecule has 6 aromatic heterocycles. The van der Waals surface area contributed by atoms with Crippen molar-refractivity contribution in [2.24, 2.45) is 11.8 Å². The summed E-state index contributed by atoms with van der Waals surface area (Å²) in [6, 6.07) is 26.2. The van der Waals surface area contributed by atoms with E-state index in [0.717, 1.165) is 60.9 Å². The molecule has 2 aromatic carbocycles. The molecule has 1 N–H and O–H groups in total. The first-order valence-electron chi connectivity index (χ1n) is 98.6. The van der Waals surface area contributed by atoms with E-state index in [0.29, 0.717) is 35.4 Å². The number of fused-ring (bicyclic) bond motifs is 4. The fraction of sp³-hybridized carbons (Fsp3) is 0.380. The third-order valence-electron chi connectivity index (χ3n) is 14.0. The maximum atomic E-state index is 13.6. The molecule has 4 fully saturated rings. The molecule has 4 aliphatic rings. The van der Waals surface area contributed by atoms with Crippen LogP contribution < -0.4 is 29.6 Å². The molecule has 1 atom stereocenters. The van der Waals surface area contributed by atoms with E-state index in [9.17, 15) is 9.90 Å². The Hall–Kier alpha value is -3.57. The molecule has 0 saturated heterocycles. The summed E-state index contributed by atoms with van der Waals surface area (Å²) in [5, 5.41) is 19.0. The van der Waals surface area contributed by atoms with E-state index < -0.39 is 6.10 Å². The molecule has 0 spiro atoms. The second-order valence-electron chi connectivity index (χ2n) is 17.6. The Bertz CT molecular complexity index is 2950. The summed E-state index contributed by atoms with van der Waals surface area (Å²) in [4.78, 5) is 22.3. The third-order valence-corrected chi connectivity index (χ3v) is 16.0. The average molecular weight is 1150 g/mol. The van der Waals surface area contributed by atoms with Crippen molar-refractivity contribution in [3.05, 3.63) is 142 Å². The minimum absolute atomic E-state index is 0. The fourth-order valence-corrected chi connectivity index (χ4v) is 12.6. The van der Waals surface area contributed by atoms with Gasteiger partial charge < -0.3 is 10.9 Å². The van der Waals surface area contributed by atoms with Crippen LogP contribution in [0.4, 0.5) is 0 Å². The first-order chi connectivity index (χ1) is 106. The number of carbonyl (C=O) groups excluding carboxylic acids is 1. The molecule has 1 unspecified atom stereocenters. The standard InChI is InChI=1S/C25H26N2OS.C25H24N2OS.B.Na.78H2.H/c2*28-25(24-20(16-5-6-16)12-11-19-13-26-15-27(19)24)18-9-7-17(8-10-18)22-14-29-23-4-2-1-3-21(22)23;;;;;;;;;;;;;;;;;;;;;;;;;;;;;;;;;;;;;;;;;;;;;;;;;;;;;;;;;;;;;;;;;;;;;;;;;;;;;;;;;/h1-4,11-18,25,28H,5-10H2;1-4,11-18H,5-10H2;;;78*1H;/q;;;+1;;;;;;;;;;;;;;;;;;;;;;;;;;;;;;;;;;;;;;;;;;;;;;;;;;;;;;;;;;;;;;;;;;;;;;;;;;;;;;;-1/i;;;;77*1+1D;1+1;. The van der Waals surface area contributed by atoms with Gasteiger partial charge >= 0.3 is 29.6 Å². The van der Waals surface area contributed by atoms with Gasteiger partial charge in [0.05, 0.1) is 53.6 Å². The summed E-state index contributed by atoms with van der Waals surface area (Å²) in [5.41, 5.74) is 9.72. The number of aliphatic hydroxyl groups excluding tert-OH is 1. The zero-order chi connectivity index (χ0) is 193. The quantitative estimate of drug-likeness (QED) is 0.122. The molecule has 8 aromatic rings. The zero-order valence-corrected chi connectivity index (χ0v) is 38.1. The number of rotatable bonds is 8. The maximum Gasteiger partial charge on any atom is 1.00 e. The second-order valence-corrected chi connectivity index (χ2v) is 19.4. The normalized spacial score (nSPS) is 32.5. The number of nitrogens with zero attached hydrogens (tertiary/aromatic N) is 4. The third kappa shape index (κ3) is 7.88. The van der Waals surface area contributed by atoms with Crippen molar-refractivity contribution in [3.63, 3.8) is 0 Å². The predicted molar refractivity (Wildman–Crippen MR) is 408 cm³/mol. The Morgan fingerprint density at radius 1 is 0.633 bits per heavy atom. The van der Waals surface area contributed by atoms with E-state index in [1.807, 2.05) is 52.1 Å². The van der Waals surface area contributed by atoms with Gasteiger partial charge in [0.2, 0.25) is 0 Å². The minimum atomic E-state index is -0.399. The number of thiophene rings is 2. The molecule has 4 saturated carbocycles. The van der Waals surface area contributed by atoms with Gasteiger partial charge in [-0.1, -0.05) is 48.5 Å². The van der Waals surface area contributed by atoms with Gasteiger partial charge in [0.25, 0.3) is 0 Å². The smallest absolute Gasteiger partial charge is 1.00 e. The second kappa shape index (κ2) is 17.7. The number of aliphatic hydroxyl groups is 1. The predicted octanol–water partition coefficient (Wildman–Crippen LogP) is 28.9. The van der Waals surface area contributed by atoms with Crippen LogP contribution in [0.25, 0.3) is 31.2 Å². The SMILES string of the molecule is O=C(c1c(C2CC2)ccc2cncn12)C1CCC(c2csc3ccccc23)CC1.OC(c1c(C2CC2)ccc2cncn12)C1CCC(c2csc3ccccc23)CC1.[2HH].[2H][2H].[2H][2H].[2H][2H].[2H][2H].[2H][2H].[2H][2H].[2H][2H].[2H][2H].[2H][2H].[2H][2H].[2H][2H].[2H][2H].[2H][2H].[2H][2H].[2H][2H].[2H][2H].[2H][2H].[2H][2H].[2H][2H].[2H][2H].[2H][2H].[2H][2H].[2H][2H].[2H][2H].[2H][2H].[2H][2H].[2H][2H].[2H][2H].[2H][2H].[2H][2H].[2H][2H].[2H][2H].[2H][2H].[2H][2H].[2H][2H].[2H][2H].[2H][2H].[2H][2H].[2H][2H].[2H][2H].[2H][2H].[2H][2H].[2H][2H].[2H][2H].[2H][2H].[2H][2H].[2H][2H].[2H][2H].[2H][2H].[2H][2H].[2H][2H].[2H][2H].[2H][2H].[2H][2H].[2H][2H].[2H][2H].[2H][2H].[2H][2H].[2H][2H].[2H][2H].[2H][2H].[2H][2H].[2H][2H].[2H][2H].[2H][2H].[2H][2H].[2H][2H].[2H][2H].[2H][2H].[2H][2H].[2H][2H].[2H][2H].[2H][2H].[2H][2H].[2H][2H].[2H][2H].[2H][2H].[B].[H-].[Na+]. The number of hydrogen-bond donors (Lipinski definition) is 1. The molecular weight excluding hydrogens is 787 g/mol. The van der Waals surface area contributed by atoms with Crippen LogP contribution in [0.3, 0.4) is 0 Å². The van der Waals surface area contributed by atoms with E-state index in [2.05, 4.69) is 97.9 Å². The van der Waals surface area contributed by atoms with Crippen molar-refractivity contribution in [2.75, 3.05) is 0 Å². The Kier molecular flexibility index (Phi) is 2.55. The minimum Gasteiger partial charge on any atom is -1.00 e. The molecule has 0 aliphatic heterocycles. The van der Waals surface area contributed by atoms with Gasteiger partial charge in [-0.3, -0.25) is 9.20 Å². The monoisotopic (exact) mass is 1150 g/mol. The largest absolute Gasteiger partial charge is 1.00 e. The molecule has 3 radical (unpaired) electrons. The van der Waals surface area contributed by atoms with Gasteiger partial charge in [-0.25, -0.2) is 9.97 Å².